The number of hydrogen-bond acceptors (Lipinski definition) is 2. The van der Waals surface area contributed by atoms with Gasteiger partial charge in [-0.25, -0.2) is 0 Å². The molecule has 0 aliphatic heterocycles. The number of benzene rings is 2. The average molecular weight is 494 g/mol. The van der Waals surface area contributed by atoms with Gasteiger partial charge in [-0.3, -0.25) is 20.4 Å². The number of amides is 2. The fraction of sp³-hybridized carbons (Fsp3) is 0.0667. The Kier molecular flexibility index (Phi) is 6.22. The third-order valence-corrected chi connectivity index (χ3v) is 4.45. The molecule has 22 heavy (non-hydrogen) atoms. The molecule has 0 saturated carbocycles. The van der Waals surface area contributed by atoms with E-state index in [-0.39, 0.29) is 18.2 Å². The second-order valence-corrected chi connectivity index (χ2v) is 6.94. The molecular weight excluding hydrogens is 482 g/mol. The van der Waals surface area contributed by atoms with E-state index in [4.69, 9.17) is 11.6 Å². The van der Waals surface area contributed by atoms with Crippen LogP contribution in [0.3, 0.4) is 0 Å². The normalized spacial score (nSPS) is 10.1. The Morgan fingerprint density at radius 1 is 1.09 bits per heavy atom. The molecule has 2 aromatic rings. The minimum atomic E-state index is -0.366. The van der Waals surface area contributed by atoms with Crippen LogP contribution < -0.4 is 10.9 Å². The van der Waals surface area contributed by atoms with Crippen molar-refractivity contribution < 1.29 is 9.59 Å². The highest BCUT2D eigenvalue weighted by Gasteiger charge is 2.11. The Balaban J connectivity index is 1.91. The van der Waals surface area contributed by atoms with Crippen molar-refractivity contribution in [2.75, 3.05) is 0 Å². The molecule has 0 saturated heterocycles. The largest absolute Gasteiger partial charge is 0.273 e. The summed E-state index contributed by atoms with van der Waals surface area (Å²) in [6.07, 6.45) is 0.160. The highest BCUT2D eigenvalue weighted by molar-refractivity contribution is 14.1. The van der Waals surface area contributed by atoms with Crippen LogP contribution >= 0.6 is 50.1 Å². The van der Waals surface area contributed by atoms with Gasteiger partial charge in [0.2, 0.25) is 5.91 Å². The zero-order valence-electron chi connectivity index (χ0n) is 11.2. The van der Waals surface area contributed by atoms with E-state index < -0.39 is 0 Å². The van der Waals surface area contributed by atoms with Crippen LogP contribution in [0.5, 0.6) is 0 Å². The highest BCUT2D eigenvalue weighted by Crippen LogP contribution is 2.18. The van der Waals surface area contributed by atoms with Crippen molar-refractivity contribution in [1.29, 1.82) is 0 Å². The summed E-state index contributed by atoms with van der Waals surface area (Å²) in [5, 5.41) is 0.613. The molecule has 0 spiro atoms. The first-order chi connectivity index (χ1) is 10.5. The van der Waals surface area contributed by atoms with Gasteiger partial charge in [-0.1, -0.05) is 39.7 Å². The predicted molar refractivity (Wildman–Crippen MR) is 97.6 cm³/mol. The molecule has 0 fully saturated rings. The van der Waals surface area contributed by atoms with Gasteiger partial charge in [0, 0.05) is 13.1 Å². The first-order valence-electron chi connectivity index (χ1n) is 6.24. The van der Waals surface area contributed by atoms with Gasteiger partial charge in [-0.2, -0.15) is 0 Å². The maximum Gasteiger partial charge on any atom is 0.270 e. The monoisotopic (exact) mass is 492 g/mol. The van der Waals surface area contributed by atoms with E-state index in [1.807, 2.05) is 12.1 Å². The van der Waals surface area contributed by atoms with Gasteiger partial charge in [-0.05, 0) is 58.5 Å². The lowest BCUT2D eigenvalue weighted by Gasteiger charge is -2.09. The molecule has 0 unspecified atom stereocenters. The molecular formula is C15H11BrClIN2O2. The average Bonchev–Trinajstić information content (AvgIpc) is 2.49. The van der Waals surface area contributed by atoms with Crippen LogP contribution in [0.1, 0.15) is 15.9 Å². The molecule has 2 amide bonds. The highest BCUT2D eigenvalue weighted by atomic mass is 127. The van der Waals surface area contributed by atoms with E-state index in [2.05, 4.69) is 49.4 Å². The topological polar surface area (TPSA) is 58.2 Å². The molecule has 0 atom stereocenters. The molecule has 2 rings (SSSR count). The molecule has 0 heterocycles. The van der Waals surface area contributed by atoms with Crippen molar-refractivity contribution in [1.82, 2.24) is 10.9 Å². The first kappa shape index (κ1) is 17.2. The molecule has 4 nitrogen and oxygen atoms in total. The lowest BCUT2D eigenvalue weighted by atomic mass is 10.1. The summed E-state index contributed by atoms with van der Waals surface area (Å²) in [6, 6.07) is 12.3. The summed E-state index contributed by atoms with van der Waals surface area (Å²) < 4.78 is 1.59. The van der Waals surface area contributed by atoms with Gasteiger partial charge in [0.15, 0.2) is 0 Å². The molecule has 114 valence electrons. The zero-order valence-corrected chi connectivity index (χ0v) is 15.7. The van der Waals surface area contributed by atoms with Crippen LogP contribution in [-0.4, -0.2) is 11.8 Å². The zero-order chi connectivity index (χ0) is 16.1. The predicted octanol–water partition coefficient (Wildman–Crippen LogP) is 3.71. The third kappa shape index (κ3) is 4.96. The number of hydrazine groups is 1. The van der Waals surface area contributed by atoms with Gasteiger partial charge >= 0.3 is 0 Å². The van der Waals surface area contributed by atoms with Crippen molar-refractivity contribution in [3.63, 3.8) is 0 Å². The third-order valence-electron chi connectivity index (χ3n) is 2.77. The van der Waals surface area contributed by atoms with Gasteiger partial charge in [0.25, 0.3) is 5.91 Å². The van der Waals surface area contributed by atoms with Crippen molar-refractivity contribution >= 4 is 61.9 Å². The van der Waals surface area contributed by atoms with Gasteiger partial charge in [0.1, 0.15) is 0 Å². The number of halogens is 3. The quantitative estimate of drug-likeness (QED) is 0.506. The summed E-state index contributed by atoms with van der Waals surface area (Å²) in [4.78, 5) is 23.9. The molecule has 0 radical (unpaired) electrons. The van der Waals surface area contributed by atoms with Crippen LogP contribution in [0.2, 0.25) is 5.02 Å². The molecule has 0 aliphatic carbocycles. The van der Waals surface area contributed by atoms with Gasteiger partial charge < -0.3 is 0 Å². The maximum atomic E-state index is 12.1. The summed E-state index contributed by atoms with van der Waals surface area (Å²) in [7, 11) is 0. The second-order valence-electron chi connectivity index (χ2n) is 4.43. The minimum Gasteiger partial charge on any atom is -0.273 e. The lowest BCUT2D eigenvalue weighted by molar-refractivity contribution is -0.121. The van der Waals surface area contributed by atoms with Gasteiger partial charge in [0.05, 0.1) is 12.0 Å². The Bertz CT molecular complexity index is 707. The molecule has 0 aromatic heterocycles. The number of hydrogen-bond donors (Lipinski definition) is 2. The van der Waals surface area contributed by atoms with Crippen molar-refractivity contribution in [2.45, 2.75) is 6.42 Å². The van der Waals surface area contributed by atoms with E-state index in [1.54, 1.807) is 30.3 Å². The fourth-order valence-electron chi connectivity index (χ4n) is 1.70. The Labute approximate surface area is 154 Å². The van der Waals surface area contributed by atoms with E-state index in [9.17, 15) is 9.59 Å². The lowest BCUT2D eigenvalue weighted by Crippen LogP contribution is -2.42. The fourth-order valence-corrected chi connectivity index (χ4v) is 2.76. The number of carbonyl (C=O) groups is 2. The Hall–Kier alpha value is -1.12. The molecule has 0 aliphatic rings. The van der Waals surface area contributed by atoms with E-state index in [1.165, 1.54) is 0 Å². The maximum absolute atomic E-state index is 12.1. The summed E-state index contributed by atoms with van der Waals surface area (Å²) >= 11 is 11.2. The second kappa shape index (κ2) is 7.94. The Morgan fingerprint density at radius 2 is 1.77 bits per heavy atom. The number of rotatable bonds is 3. The van der Waals surface area contributed by atoms with Crippen LogP contribution in [0.15, 0.2) is 46.9 Å². The molecule has 7 heteroatoms. The standard InChI is InChI=1S/C15H11BrClIN2O2/c16-10-3-6-13(18)12(8-10)15(22)20-19-14(21)7-9-1-4-11(17)5-2-9/h1-6,8H,7H2,(H,19,21)(H,20,22). The first-order valence-corrected chi connectivity index (χ1v) is 8.49. The van der Waals surface area contributed by atoms with Crippen LogP contribution in [0, 0.1) is 3.57 Å². The van der Waals surface area contributed by atoms with E-state index in [0.717, 1.165) is 13.6 Å². The Morgan fingerprint density at radius 3 is 2.45 bits per heavy atom. The number of nitrogens with one attached hydrogen (secondary N) is 2. The van der Waals surface area contributed by atoms with Crippen LogP contribution in [0.25, 0.3) is 0 Å². The summed E-state index contributed by atoms with van der Waals surface area (Å²) in [5.74, 6) is -0.671. The summed E-state index contributed by atoms with van der Waals surface area (Å²) in [5.41, 5.74) is 6.11. The van der Waals surface area contributed by atoms with Crippen molar-refractivity contribution in [3.05, 3.63) is 66.7 Å². The molecule has 0 bridgehead atoms. The summed E-state index contributed by atoms with van der Waals surface area (Å²) in [6.45, 7) is 0. The van der Waals surface area contributed by atoms with Crippen molar-refractivity contribution in [3.8, 4) is 0 Å². The number of carbonyl (C=O) groups excluding carboxylic acids is 2. The SMILES string of the molecule is O=C(Cc1ccc(Cl)cc1)NNC(=O)c1cc(Br)ccc1I. The van der Waals surface area contributed by atoms with E-state index in [0.29, 0.717) is 10.6 Å². The smallest absolute Gasteiger partial charge is 0.270 e. The molecule has 2 N–H and O–H groups in total. The molecule has 2 aromatic carbocycles. The minimum absolute atomic E-state index is 0.160. The van der Waals surface area contributed by atoms with Crippen LogP contribution in [-0.2, 0) is 11.2 Å². The van der Waals surface area contributed by atoms with Crippen LogP contribution in [0.4, 0.5) is 0 Å². The van der Waals surface area contributed by atoms with Crippen molar-refractivity contribution in [2.24, 2.45) is 0 Å². The van der Waals surface area contributed by atoms with Gasteiger partial charge in [-0.15, -0.1) is 0 Å². The van der Waals surface area contributed by atoms with E-state index >= 15 is 0 Å².